The van der Waals surface area contributed by atoms with E-state index in [-0.39, 0.29) is 12.1 Å². The van der Waals surface area contributed by atoms with E-state index in [2.05, 4.69) is 24.3 Å². The van der Waals surface area contributed by atoms with Crippen LogP contribution in [0.2, 0.25) is 0 Å². The van der Waals surface area contributed by atoms with Crippen LogP contribution < -0.4 is 5.32 Å². The van der Waals surface area contributed by atoms with Crippen molar-refractivity contribution >= 4 is 6.03 Å². The Labute approximate surface area is 120 Å². The Balaban J connectivity index is 1.94. The molecule has 2 heterocycles. The first kappa shape index (κ1) is 14.9. The lowest BCUT2D eigenvalue weighted by Gasteiger charge is -2.23. The Morgan fingerprint density at radius 3 is 3.05 bits per heavy atom. The van der Waals surface area contributed by atoms with Crippen LogP contribution in [-0.4, -0.2) is 29.2 Å². The molecule has 0 aliphatic carbocycles. The van der Waals surface area contributed by atoms with Gasteiger partial charge in [0.2, 0.25) is 0 Å². The fourth-order valence-electron chi connectivity index (χ4n) is 2.53. The molecule has 1 aliphatic heterocycles. The zero-order valence-corrected chi connectivity index (χ0v) is 12.7. The summed E-state index contributed by atoms with van der Waals surface area (Å²) in [6.07, 6.45) is 3.84. The number of carbonyl (C=O) groups excluding carboxylic acids is 1. The molecule has 1 fully saturated rings. The number of rotatable bonds is 5. The van der Waals surface area contributed by atoms with Gasteiger partial charge >= 0.3 is 6.03 Å². The fraction of sp³-hybridized carbons (Fsp3) is 0.733. The molecule has 0 saturated carbocycles. The summed E-state index contributed by atoms with van der Waals surface area (Å²) in [6, 6.07) is 2.04. The monoisotopic (exact) mass is 279 g/mol. The summed E-state index contributed by atoms with van der Waals surface area (Å²) in [4.78, 5) is 14.1. The zero-order chi connectivity index (χ0) is 14.5. The minimum atomic E-state index is 0.0163. The molecule has 5 nitrogen and oxygen atoms in total. The van der Waals surface area contributed by atoms with Crippen molar-refractivity contribution in [3.8, 4) is 0 Å². The maximum Gasteiger partial charge on any atom is 0.318 e. The van der Waals surface area contributed by atoms with E-state index >= 15 is 0 Å². The van der Waals surface area contributed by atoms with E-state index in [0.717, 1.165) is 50.2 Å². The smallest absolute Gasteiger partial charge is 0.318 e. The number of likely N-dealkylation sites (tertiary alicyclic amines) is 1. The van der Waals surface area contributed by atoms with E-state index in [4.69, 9.17) is 4.52 Å². The molecule has 2 amide bonds. The lowest BCUT2D eigenvalue weighted by molar-refractivity contribution is 0.182. The quantitative estimate of drug-likeness (QED) is 0.901. The van der Waals surface area contributed by atoms with Crippen LogP contribution in [0.3, 0.4) is 0 Å². The van der Waals surface area contributed by atoms with Gasteiger partial charge in [0.15, 0.2) is 5.76 Å². The Kier molecular flexibility index (Phi) is 5.04. The Morgan fingerprint density at radius 1 is 1.60 bits per heavy atom. The van der Waals surface area contributed by atoms with E-state index in [0.29, 0.717) is 5.92 Å². The standard InChI is InChI=1S/C15H25N3O2/c1-4-12-10-14(20-17-12)13-6-5-9-18(13)15(19)16-8-7-11(2)3/h10-11,13H,4-9H2,1-3H3,(H,16,19)/t13-/m1/s1. The van der Waals surface area contributed by atoms with Gasteiger partial charge in [-0.1, -0.05) is 25.9 Å². The Bertz CT molecular complexity index is 442. The molecule has 1 aliphatic rings. The third-order valence-electron chi connectivity index (χ3n) is 3.78. The highest BCUT2D eigenvalue weighted by Crippen LogP contribution is 2.32. The topological polar surface area (TPSA) is 58.4 Å². The first-order chi connectivity index (χ1) is 9.61. The molecule has 1 aromatic heterocycles. The van der Waals surface area contributed by atoms with Crippen LogP contribution in [0.1, 0.15) is 57.5 Å². The van der Waals surface area contributed by atoms with Gasteiger partial charge in [-0.2, -0.15) is 0 Å². The average Bonchev–Trinajstić information content (AvgIpc) is 3.06. The second-order valence-corrected chi connectivity index (χ2v) is 5.84. The number of hydrogen-bond acceptors (Lipinski definition) is 3. The van der Waals surface area contributed by atoms with Crippen LogP contribution in [-0.2, 0) is 6.42 Å². The molecule has 0 aromatic carbocycles. The molecule has 1 atom stereocenters. The summed E-state index contributed by atoms with van der Waals surface area (Å²) in [5.41, 5.74) is 0.951. The van der Waals surface area contributed by atoms with Crippen molar-refractivity contribution in [2.75, 3.05) is 13.1 Å². The molecule has 1 saturated heterocycles. The molecular weight excluding hydrogens is 254 g/mol. The van der Waals surface area contributed by atoms with Gasteiger partial charge in [0.25, 0.3) is 0 Å². The average molecular weight is 279 g/mol. The highest BCUT2D eigenvalue weighted by molar-refractivity contribution is 5.75. The summed E-state index contributed by atoms with van der Waals surface area (Å²) in [5, 5.41) is 7.03. The minimum absolute atomic E-state index is 0.0163. The van der Waals surface area contributed by atoms with Crippen LogP contribution in [0.15, 0.2) is 10.6 Å². The van der Waals surface area contributed by atoms with Crippen molar-refractivity contribution < 1.29 is 9.32 Å². The first-order valence-electron chi connectivity index (χ1n) is 7.61. The van der Waals surface area contributed by atoms with E-state index < -0.39 is 0 Å². The molecule has 0 radical (unpaired) electrons. The predicted octanol–water partition coefficient (Wildman–Crippen LogP) is 3.13. The van der Waals surface area contributed by atoms with Gasteiger partial charge in [-0.15, -0.1) is 0 Å². The van der Waals surface area contributed by atoms with Crippen molar-refractivity contribution in [1.29, 1.82) is 0 Å². The highest BCUT2D eigenvalue weighted by Gasteiger charge is 2.32. The van der Waals surface area contributed by atoms with Gasteiger partial charge in [-0.3, -0.25) is 0 Å². The van der Waals surface area contributed by atoms with Gasteiger partial charge in [0.1, 0.15) is 0 Å². The molecular formula is C15H25N3O2. The lowest BCUT2D eigenvalue weighted by Crippen LogP contribution is -2.40. The summed E-state index contributed by atoms with van der Waals surface area (Å²) in [7, 11) is 0. The number of carbonyl (C=O) groups is 1. The van der Waals surface area contributed by atoms with Crippen molar-refractivity contribution in [3.05, 3.63) is 17.5 Å². The number of urea groups is 1. The SMILES string of the molecule is CCc1cc([C@H]2CCCN2C(=O)NCCC(C)C)on1. The number of nitrogens with one attached hydrogen (secondary N) is 1. The molecule has 0 spiro atoms. The molecule has 2 rings (SSSR count). The fourth-order valence-corrected chi connectivity index (χ4v) is 2.53. The molecule has 1 aromatic rings. The second-order valence-electron chi connectivity index (χ2n) is 5.84. The maximum absolute atomic E-state index is 12.2. The van der Waals surface area contributed by atoms with Crippen LogP contribution in [0.5, 0.6) is 0 Å². The van der Waals surface area contributed by atoms with E-state index in [1.54, 1.807) is 0 Å². The largest absolute Gasteiger partial charge is 0.359 e. The Morgan fingerprint density at radius 2 is 2.40 bits per heavy atom. The minimum Gasteiger partial charge on any atom is -0.359 e. The summed E-state index contributed by atoms with van der Waals surface area (Å²) < 4.78 is 5.39. The number of aryl methyl sites for hydroxylation is 1. The van der Waals surface area contributed by atoms with Crippen molar-refractivity contribution in [1.82, 2.24) is 15.4 Å². The van der Waals surface area contributed by atoms with Crippen LogP contribution in [0, 0.1) is 5.92 Å². The Hall–Kier alpha value is -1.52. The zero-order valence-electron chi connectivity index (χ0n) is 12.7. The lowest BCUT2D eigenvalue weighted by atomic mass is 10.1. The molecule has 1 N–H and O–H groups in total. The third-order valence-corrected chi connectivity index (χ3v) is 3.78. The van der Waals surface area contributed by atoms with Crippen molar-refractivity contribution in [2.24, 2.45) is 5.92 Å². The van der Waals surface area contributed by atoms with Crippen LogP contribution >= 0.6 is 0 Å². The number of hydrogen-bond donors (Lipinski definition) is 1. The first-order valence-corrected chi connectivity index (χ1v) is 7.61. The summed E-state index contributed by atoms with van der Waals surface area (Å²) in [6.45, 7) is 7.89. The van der Waals surface area contributed by atoms with Gasteiger partial charge < -0.3 is 14.7 Å². The van der Waals surface area contributed by atoms with Gasteiger partial charge in [0, 0.05) is 19.2 Å². The molecule has 0 unspecified atom stereocenters. The van der Waals surface area contributed by atoms with Gasteiger partial charge in [-0.05, 0) is 31.6 Å². The van der Waals surface area contributed by atoms with Crippen molar-refractivity contribution in [3.63, 3.8) is 0 Å². The van der Waals surface area contributed by atoms with E-state index in [1.807, 2.05) is 17.9 Å². The highest BCUT2D eigenvalue weighted by atomic mass is 16.5. The number of aromatic nitrogens is 1. The molecule has 5 heteroatoms. The van der Waals surface area contributed by atoms with E-state index in [1.165, 1.54) is 0 Å². The molecule has 112 valence electrons. The number of nitrogens with zero attached hydrogens (tertiary/aromatic N) is 2. The van der Waals surface area contributed by atoms with Crippen LogP contribution in [0.25, 0.3) is 0 Å². The van der Waals surface area contributed by atoms with Gasteiger partial charge in [0.05, 0.1) is 11.7 Å². The van der Waals surface area contributed by atoms with Crippen LogP contribution in [0.4, 0.5) is 4.79 Å². The molecule has 0 bridgehead atoms. The normalized spacial score (nSPS) is 18.8. The van der Waals surface area contributed by atoms with Gasteiger partial charge in [-0.25, -0.2) is 4.79 Å². The molecule has 20 heavy (non-hydrogen) atoms. The summed E-state index contributed by atoms with van der Waals surface area (Å²) >= 11 is 0. The third kappa shape index (κ3) is 3.52. The number of amides is 2. The second kappa shape index (κ2) is 6.77. The maximum atomic E-state index is 12.2. The van der Waals surface area contributed by atoms with Crippen molar-refractivity contribution in [2.45, 2.75) is 52.5 Å². The van der Waals surface area contributed by atoms with E-state index in [9.17, 15) is 4.79 Å². The predicted molar refractivity (Wildman–Crippen MR) is 77.4 cm³/mol. The summed E-state index contributed by atoms with van der Waals surface area (Å²) in [5.74, 6) is 1.42.